The minimum atomic E-state index is -3.02. The zero-order valence-corrected chi connectivity index (χ0v) is 15.1. The summed E-state index contributed by atoms with van der Waals surface area (Å²) in [5.41, 5.74) is 0. The van der Waals surface area contributed by atoms with E-state index in [2.05, 4.69) is 23.5 Å². The van der Waals surface area contributed by atoms with E-state index in [4.69, 9.17) is 0 Å². The Morgan fingerprint density at radius 1 is 1.05 bits per heavy atom. The Kier molecular flexibility index (Phi) is 5.90. The van der Waals surface area contributed by atoms with Crippen molar-refractivity contribution in [3.63, 3.8) is 0 Å². The van der Waals surface area contributed by atoms with Crippen LogP contribution in [-0.4, -0.2) is 64.7 Å². The third-order valence-corrected chi connectivity index (χ3v) is 8.16. The lowest BCUT2D eigenvalue weighted by molar-refractivity contribution is 0.196. The number of sulfone groups is 1. The number of nitrogens with one attached hydrogen (secondary N) is 1. The molecule has 2 aliphatic rings. The molecule has 2 heterocycles. The number of hydrogen-bond acceptors (Lipinski definition) is 5. The van der Waals surface area contributed by atoms with Crippen molar-refractivity contribution in [2.45, 2.75) is 39.2 Å². The smallest absolute Gasteiger partial charge is 0.211 e. The summed E-state index contributed by atoms with van der Waals surface area (Å²) in [6.07, 6.45) is 2.83. The van der Waals surface area contributed by atoms with Gasteiger partial charge in [0.2, 0.25) is 10.0 Å². The van der Waals surface area contributed by atoms with Crippen molar-refractivity contribution in [3.8, 4) is 0 Å². The molecule has 0 aromatic rings. The number of sulfonamides is 1. The molecule has 0 amide bonds. The first kappa shape index (κ1) is 18.2. The van der Waals surface area contributed by atoms with Crippen LogP contribution >= 0.6 is 0 Å². The minimum Gasteiger partial charge on any atom is -0.299 e. The van der Waals surface area contributed by atoms with Crippen LogP contribution in [0.1, 0.15) is 33.1 Å². The van der Waals surface area contributed by atoms with Crippen molar-refractivity contribution >= 4 is 19.9 Å². The first-order chi connectivity index (χ1) is 10.2. The molecule has 2 fully saturated rings. The Labute approximate surface area is 134 Å². The molecule has 0 aromatic carbocycles. The highest BCUT2D eigenvalue weighted by molar-refractivity contribution is 7.91. The monoisotopic (exact) mass is 352 g/mol. The predicted molar refractivity (Wildman–Crippen MR) is 88.0 cm³/mol. The van der Waals surface area contributed by atoms with Crippen LogP contribution in [-0.2, 0) is 19.9 Å². The van der Waals surface area contributed by atoms with E-state index in [-0.39, 0.29) is 17.3 Å². The van der Waals surface area contributed by atoms with Crippen molar-refractivity contribution in [1.82, 2.24) is 9.62 Å². The summed E-state index contributed by atoms with van der Waals surface area (Å²) in [7, 11) is -5.84. The summed E-state index contributed by atoms with van der Waals surface area (Å²) in [5, 5.41) is 0. The fourth-order valence-electron chi connectivity index (χ4n) is 3.29. The van der Waals surface area contributed by atoms with Gasteiger partial charge in [-0.15, -0.1) is 0 Å². The average Bonchev–Trinajstić information content (AvgIpc) is 2.44. The van der Waals surface area contributed by atoms with Crippen LogP contribution in [0.5, 0.6) is 0 Å². The lowest BCUT2D eigenvalue weighted by Crippen LogP contribution is -2.45. The normalized spacial score (nSPS) is 31.5. The Balaban J connectivity index is 1.73. The van der Waals surface area contributed by atoms with Gasteiger partial charge >= 0.3 is 0 Å². The van der Waals surface area contributed by atoms with Crippen molar-refractivity contribution in [2.75, 3.05) is 36.9 Å². The quantitative estimate of drug-likeness (QED) is 0.777. The van der Waals surface area contributed by atoms with Crippen LogP contribution in [0, 0.1) is 11.8 Å². The van der Waals surface area contributed by atoms with Gasteiger partial charge in [-0.25, -0.2) is 21.6 Å². The van der Waals surface area contributed by atoms with Gasteiger partial charge in [0, 0.05) is 25.7 Å². The van der Waals surface area contributed by atoms with Gasteiger partial charge in [0.15, 0.2) is 9.84 Å². The third kappa shape index (κ3) is 5.18. The van der Waals surface area contributed by atoms with E-state index >= 15 is 0 Å². The molecule has 6 nitrogen and oxygen atoms in total. The van der Waals surface area contributed by atoms with E-state index < -0.39 is 19.9 Å². The second-order valence-electron chi connectivity index (χ2n) is 6.81. The average molecular weight is 353 g/mol. The zero-order valence-electron chi connectivity index (χ0n) is 13.5. The number of hydrogen-bond donors (Lipinski definition) is 1. The molecule has 2 aliphatic heterocycles. The van der Waals surface area contributed by atoms with E-state index in [0.29, 0.717) is 37.5 Å². The Morgan fingerprint density at radius 3 is 2.23 bits per heavy atom. The summed E-state index contributed by atoms with van der Waals surface area (Å²) in [6, 6.07) is 0.387. The summed E-state index contributed by atoms with van der Waals surface area (Å²) in [5.74, 6) is 1.69. The zero-order chi connectivity index (χ0) is 16.4. The van der Waals surface area contributed by atoms with E-state index in [1.54, 1.807) is 0 Å². The molecule has 0 aliphatic carbocycles. The molecule has 1 N–H and O–H groups in total. The molecule has 3 atom stereocenters. The van der Waals surface area contributed by atoms with Gasteiger partial charge in [-0.3, -0.25) is 4.90 Å². The standard InChI is InChI=1S/C14H28N2O4S2/c1-12(14-5-8-22(19,20)15-11-14)3-4-13(2)16-6-9-21(17,18)10-7-16/h12-15H,3-11H2,1-2H3. The van der Waals surface area contributed by atoms with Gasteiger partial charge in [0.05, 0.1) is 17.3 Å². The molecule has 8 heteroatoms. The minimum absolute atomic E-state index is 0.238. The van der Waals surface area contributed by atoms with Crippen molar-refractivity contribution in [1.29, 1.82) is 0 Å². The fourth-order valence-corrected chi connectivity index (χ4v) is 5.75. The van der Waals surface area contributed by atoms with E-state index in [1.165, 1.54) is 0 Å². The van der Waals surface area contributed by atoms with Crippen molar-refractivity contribution in [3.05, 3.63) is 0 Å². The van der Waals surface area contributed by atoms with Gasteiger partial charge in [-0.1, -0.05) is 6.92 Å². The van der Waals surface area contributed by atoms with Crippen LogP contribution in [0.4, 0.5) is 0 Å². The largest absolute Gasteiger partial charge is 0.299 e. The van der Waals surface area contributed by atoms with E-state index in [0.717, 1.165) is 19.3 Å². The lowest BCUT2D eigenvalue weighted by Gasteiger charge is -2.34. The molecule has 2 rings (SSSR count). The Hall–Kier alpha value is -0.180. The number of nitrogens with zero attached hydrogens (tertiary/aromatic N) is 1. The molecule has 0 aromatic heterocycles. The third-order valence-electron chi connectivity index (χ3n) is 5.17. The topological polar surface area (TPSA) is 83.6 Å². The number of rotatable bonds is 5. The van der Waals surface area contributed by atoms with Gasteiger partial charge in [-0.05, 0) is 38.0 Å². The summed E-state index contributed by atoms with van der Waals surface area (Å²) < 4.78 is 48.3. The molecular formula is C14H28N2O4S2. The molecule has 3 unspecified atom stereocenters. The molecular weight excluding hydrogens is 324 g/mol. The summed E-state index contributed by atoms with van der Waals surface area (Å²) in [6.45, 7) is 6.19. The Bertz CT molecular complexity index is 494. The van der Waals surface area contributed by atoms with E-state index in [9.17, 15) is 16.8 Å². The molecule has 0 spiro atoms. The summed E-state index contributed by atoms with van der Waals surface area (Å²) >= 11 is 0. The van der Waals surface area contributed by atoms with Crippen molar-refractivity contribution < 1.29 is 16.8 Å². The van der Waals surface area contributed by atoms with Gasteiger partial charge in [0.1, 0.15) is 0 Å². The fraction of sp³-hybridized carbons (Fsp3) is 1.00. The molecule has 22 heavy (non-hydrogen) atoms. The second kappa shape index (κ2) is 7.15. The Morgan fingerprint density at radius 2 is 1.68 bits per heavy atom. The highest BCUT2D eigenvalue weighted by Crippen LogP contribution is 2.25. The van der Waals surface area contributed by atoms with Crippen LogP contribution in [0.3, 0.4) is 0 Å². The second-order valence-corrected chi connectivity index (χ2v) is 11.0. The highest BCUT2D eigenvalue weighted by atomic mass is 32.2. The maximum absolute atomic E-state index is 11.5. The van der Waals surface area contributed by atoms with Gasteiger partial charge in [0.25, 0.3) is 0 Å². The first-order valence-corrected chi connectivity index (χ1v) is 11.6. The highest BCUT2D eigenvalue weighted by Gasteiger charge is 2.28. The predicted octanol–water partition coefficient (Wildman–Crippen LogP) is 0.461. The maximum Gasteiger partial charge on any atom is 0.211 e. The summed E-state index contributed by atoms with van der Waals surface area (Å²) in [4.78, 5) is 2.26. The molecule has 0 bridgehead atoms. The van der Waals surface area contributed by atoms with Gasteiger partial charge < -0.3 is 0 Å². The van der Waals surface area contributed by atoms with Crippen LogP contribution < -0.4 is 4.72 Å². The maximum atomic E-state index is 11.5. The SMILES string of the molecule is CC(CCC(C)N1CCS(=O)(=O)CC1)C1CCS(=O)(=O)NC1. The van der Waals surface area contributed by atoms with Crippen LogP contribution in [0.15, 0.2) is 0 Å². The molecule has 130 valence electrons. The van der Waals surface area contributed by atoms with Crippen molar-refractivity contribution in [2.24, 2.45) is 11.8 Å². The molecule has 0 radical (unpaired) electrons. The van der Waals surface area contributed by atoms with Gasteiger partial charge in [-0.2, -0.15) is 0 Å². The van der Waals surface area contributed by atoms with Crippen LogP contribution in [0.25, 0.3) is 0 Å². The molecule has 0 saturated carbocycles. The first-order valence-electron chi connectivity index (χ1n) is 8.10. The lowest BCUT2D eigenvalue weighted by atomic mass is 9.87. The molecule has 2 saturated heterocycles. The van der Waals surface area contributed by atoms with E-state index in [1.807, 2.05) is 0 Å². The van der Waals surface area contributed by atoms with Crippen LogP contribution in [0.2, 0.25) is 0 Å².